The molecule has 0 spiro atoms. The van der Waals surface area contributed by atoms with E-state index < -0.39 is 0 Å². The van der Waals surface area contributed by atoms with Crippen LogP contribution in [-0.2, 0) is 4.79 Å². The summed E-state index contributed by atoms with van der Waals surface area (Å²) in [5.41, 5.74) is 2.37. The van der Waals surface area contributed by atoms with E-state index in [4.69, 9.17) is 15.1 Å². The number of aromatic nitrogens is 4. The van der Waals surface area contributed by atoms with Crippen molar-refractivity contribution in [3.8, 4) is 5.69 Å². The van der Waals surface area contributed by atoms with Gasteiger partial charge in [-0.1, -0.05) is 26.7 Å². The highest BCUT2D eigenvalue weighted by atomic mass is 19.1. The average Bonchev–Trinajstić information content (AvgIpc) is 3.14. The van der Waals surface area contributed by atoms with Crippen molar-refractivity contribution in [1.29, 1.82) is 0 Å². The van der Waals surface area contributed by atoms with Gasteiger partial charge in [0.1, 0.15) is 17.5 Å². The van der Waals surface area contributed by atoms with Gasteiger partial charge in [-0.15, -0.1) is 0 Å². The maximum Gasteiger partial charge on any atom is 0.225 e. The van der Waals surface area contributed by atoms with Gasteiger partial charge in [-0.25, -0.2) is 19.0 Å². The van der Waals surface area contributed by atoms with Gasteiger partial charge >= 0.3 is 0 Å². The lowest BCUT2D eigenvalue weighted by Gasteiger charge is -2.39. The number of amides is 1. The molecule has 1 amide bonds. The Morgan fingerprint density at radius 1 is 1.12 bits per heavy atom. The molecule has 2 aromatic heterocycles. The van der Waals surface area contributed by atoms with Gasteiger partial charge in [0, 0.05) is 38.0 Å². The average molecular weight is 465 g/mol. The Hall–Kier alpha value is -3.03. The minimum atomic E-state index is -0.279. The van der Waals surface area contributed by atoms with Crippen molar-refractivity contribution in [2.45, 2.75) is 58.8 Å². The van der Waals surface area contributed by atoms with Gasteiger partial charge in [0.2, 0.25) is 5.91 Å². The van der Waals surface area contributed by atoms with Crippen molar-refractivity contribution in [2.75, 3.05) is 31.1 Å². The van der Waals surface area contributed by atoms with Gasteiger partial charge in [-0.2, -0.15) is 5.10 Å². The highest BCUT2D eigenvalue weighted by molar-refractivity contribution is 5.91. The first-order chi connectivity index (χ1) is 16.5. The number of anilines is 1. The number of aryl methyl sites for hydroxylation is 1. The fourth-order valence-electron chi connectivity index (χ4n) is 5.00. The minimum Gasteiger partial charge on any atom is -0.352 e. The molecular formula is C26H33FN6O. The monoisotopic (exact) mass is 464 g/mol. The number of carbonyl (C=O) groups excluding carboxylic acids is 1. The molecule has 2 fully saturated rings. The summed E-state index contributed by atoms with van der Waals surface area (Å²) in [4.78, 5) is 27.0. The Labute approximate surface area is 200 Å². The summed E-state index contributed by atoms with van der Waals surface area (Å²) < 4.78 is 15.4. The van der Waals surface area contributed by atoms with E-state index in [-0.39, 0.29) is 17.7 Å². The number of piperazine rings is 1. The van der Waals surface area contributed by atoms with Gasteiger partial charge in [0.25, 0.3) is 0 Å². The van der Waals surface area contributed by atoms with E-state index in [9.17, 15) is 9.18 Å². The highest BCUT2D eigenvalue weighted by Gasteiger charge is 2.32. The zero-order valence-electron chi connectivity index (χ0n) is 20.3. The summed E-state index contributed by atoms with van der Waals surface area (Å²) in [6, 6.07) is 6.34. The molecule has 8 heteroatoms. The first-order valence-corrected chi connectivity index (χ1v) is 12.5. The van der Waals surface area contributed by atoms with Crippen molar-refractivity contribution in [2.24, 2.45) is 5.92 Å². The van der Waals surface area contributed by atoms with Crippen LogP contribution in [0.3, 0.4) is 0 Å². The van der Waals surface area contributed by atoms with E-state index >= 15 is 0 Å². The number of nitrogens with zero attached hydrogens (tertiary/aromatic N) is 6. The fraction of sp³-hybridized carbons (Fsp3) is 0.538. The summed E-state index contributed by atoms with van der Waals surface area (Å²) in [6.07, 6.45) is 5.29. The van der Waals surface area contributed by atoms with E-state index in [1.165, 1.54) is 18.6 Å². The summed E-state index contributed by atoms with van der Waals surface area (Å²) >= 11 is 0. The number of halogens is 1. The third kappa shape index (κ3) is 4.14. The van der Waals surface area contributed by atoms with Crippen molar-refractivity contribution in [1.82, 2.24) is 24.6 Å². The molecule has 3 aromatic rings. The van der Waals surface area contributed by atoms with Crippen molar-refractivity contribution in [3.63, 3.8) is 0 Å². The highest BCUT2D eigenvalue weighted by Crippen LogP contribution is 2.33. The molecule has 34 heavy (non-hydrogen) atoms. The molecule has 0 radical (unpaired) electrons. The van der Waals surface area contributed by atoms with E-state index in [2.05, 4.69) is 18.7 Å². The van der Waals surface area contributed by atoms with Crippen LogP contribution in [0.1, 0.15) is 63.4 Å². The molecule has 1 atom stereocenters. The van der Waals surface area contributed by atoms with Crippen LogP contribution in [0.25, 0.3) is 16.7 Å². The molecule has 2 aliphatic rings. The molecule has 1 saturated carbocycles. The summed E-state index contributed by atoms with van der Waals surface area (Å²) in [7, 11) is 0. The number of fused-ring (bicyclic) bond motifs is 1. The molecule has 0 unspecified atom stereocenters. The Kier molecular flexibility index (Phi) is 6.23. The molecule has 7 nitrogen and oxygen atoms in total. The van der Waals surface area contributed by atoms with Crippen LogP contribution in [0.15, 0.2) is 24.3 Å². The van der Waals surface area contributed by atoms with Crippen LogP contribution in [0.4, 0.5) is 10.2 Å². The molecular weight excluding hydrogens is 431 g/mol. The molecule has 1 aromatic carbocycles. The number of carbonyl (C=O) groups is 1. The zero-order valence-corrected chi connectivity index (χ0v) is 20.3. The van der Waals surface area contributed by atoms with E-state index in [1.807, 2.05) is 11.8 Å². The van der Waals surface area contributed by atoms with Crippen LogP contribution in [0, 0.1) is 18.7 Å². The lowest BCUT2D eigenvalue weighted by Crippen LogP contribution is -2.51. The maximum absolute atomic E-state index is 13.6. The lowest BCUT2D eigenvalue weighted by atomic mass is 9.84. The van der Waals surface area contributed by atoms with Crippen LogP contribution >= 0.6 is 0 Å². The van der Waals surface area contributed by atoms with Crippen LogP contribution in [0.5, 0.6) is 0 Å². The van der Waals surface area contributed by atoms with Crippen LogP contribution < -0.4 is 4.90 Å². The Morgan fingerprint density at radius 2 is 1.82 bits per heavy atom. The molecule has 1 aliphatic heterocycles. The smallest absolute Gasteiger partial charge is 0.225 e. The van der Waals surface area contributed by atoms with Gasteiger partial charge in [0.15, 0.2) is 5.65 Å². The zero-order chi connectivity index (χ0) is 23.8. The number of hydrogen-bond donors (Lipinski definition) is 0. The van der Waals surface area contributed by atoms with Gasteiger partial charge in [-0.3, -0.25) is 4.79 Å². The largest absolute Gasteiger partial charge is 0.352 e. The SMILES string of the molecule is CCC[C@@H](C)c1nc(N2CCN(C(=O)C3CCC3)CC2)c2c(C)nn(-c3ccc(F)cc3)c2n1. The second-order valence-electron chi connectivity index (χ2n) is 9.71. The Morgan fingerprint density at radius 3 is 2.44 bits per heavy atom. The van der Waals surface area contributed by atoms with E-state index in [0.29, 0.717) is 19.0 Å². The standard InChI is InChI=1S/C26H33FN6O/c1-4-6-17(2)23-28-24(31-13-15-32(16-14-31)26(34)19-7-5-8-19)22-18(3)30-33(25(22)29-23)21-11-9-20(27)10-12-21/h9-12,17,19H,4-8,13-16H2,1-3H3/t17-/m1/s1. The predicted molar refractivity (Wildman–Crippen MR) is 131 cm³/mol. The number of benzene rings is 1. The normalized spacial score (nSPS) is 17.8. The van der Waals surface area contributed by atoms with Crippen molar-refractivity contribution >= 4 is 22.8 Å². The van der Waals surface area contributed by atoms with Crippen molar-refractivity contribution in [3.05, 3.63) is 41.6 Å². The fourth-order valence-corrected chi connectivity index (χ4v) is 5.00. The van der Waals surface area contributed by atoms with E-state index in [0.717, 1.165) is 72.8 Å². The topological polar surface area (TPSA) is 67.2 Å². The predicted octanol–water partition coefficient (Wildman–Crippen LogP) is 4.62. The Bertz CT molecular complexity index is 1180. The number of rotatable bonds is 6. The summed E-state index contributed by atoms with van der Waals surface area (Å²) in [5, 5.41) is 5.70. The van der Waals surface area contributed by atoms with Gasteiger partial charge < -0.3 is 9.80 Å². The second-order valence-corrected chi connectivity index (χ2v) is 9.71. The molecule has 0 bridgehead atoms. The molecule has 0 N–H and O–H groups in total. The third-order valence-electron chi connectivity index (χ3n) is 7.28. The third-order valence-corrected chi connectivity index (χ3v) is 7.28. The Balaban J connectivity index is 1.52. The lowest BCUT2D eigenvalue weighted by molar-refractivity contribution is -0.138. The molecule has 1 saturated heterocycles. The summed E-state index contributed by atoms with van der Waals surface area (Å²) in [6.45, 7) is 9.22. The first kappa shape index (κ1) is 22.7. The van der Waals surface area contributed by atoms with Crippen LogP contribution in [-0.4, -0.2) is 56.7 Å². The molecule has 5 rings (SSSR count). The maximum atomic E-state index is 13.6. The van der Waals surface area contributed by atoms with E-state index in [1.54, 1.807) is 16.8 Å². The minimum absolute atomic E-state index is 0.214. The summed E-state index contributed by atoms with van der Waals surface area (Å²) in [5.74, 6) is 2.18. The molecule has 1 aliphatic carbocycles. The van der Waals surface area contributed by atoms with Gasteiger partial charge in [0.05, 0.1) is 16.8 Å². The first-order valence-electron chi connectivity index (χ1n) is 12.5. The number of hydrogen-bond acceptors (Lipinski definition) is 5. The van der Waals surface area contributed by atoms with Crippen molar-refractivity contribution < 1.29 is 9.18 Å². The van der Waals surface area contributed by atoms with Gasteiger partial charge in [-0.05, 0) is 50.5 Å². The molecule has 180 valence electrons. The second kappa shape index (κ2) is 9.31. The van der Waals surface area contributed by atoms with Crippen LogP contribution in [0.2, 0.25) is 0 Å². The quantitative estimate of drug-likeness (QED) is 0.533. The molecule has 3 heterocycles.